The summed E-state index contributed by atoms with van der Waals surface area (Å²) in [5.41, 5.74) is 0.571. The minimum Gasteiger partial charge on any atom is -0.396 e. The molecular formula is C12H25NO. The fourth-order valence-electron chi connectivity index (χ4n) is 2.01. The quantitative estimate of drug-likeness (QED) is 0.687. The van der Waals surface area contributed by atoms with Crippen molar-refractivity contribution in [3.63, 3.8) is 0 Å². The zero-order chi connectivity index (χ0) is 10.4. The molecule has 0 unspecified atom stereocenters. The Morgan fingerprint density at radius 2 is 1.71 bits per heavy atom. The van der Waals surface area contributed by atoms with Crippen molar-refractivity contribution < 1.29 is 5.11 Å². The molecule has 0 aliphatic carbocycles. The number of unbranched alkanes of at least 4 members (excludes halogenated alkanes) is 2. The van der Waals surface area contributed by atoms with E-state index in [1.165, 1.54) is 45.3 Å². The van der Waals surface area contributed by atoms with Gasteiger partial charge >= 0.3 is 0 Å². The van der Waals surface area contributed by atoms with E-state index in [-0.39, 0.29) is 0 Å². The van der Waals surface area contributed by atoms with Gasteiger partial charge in [0.1, 0.15) is 0 Å². The third-order valence-electron chi connectivity index (χ3n) is 3.34. The summed E-state index contributed by atoms with van der Waals surface area (Å²) in [5.74, 6) is 0. The number of rotatable bonds is 5. The molecule has 2 nitrogen and oxygen atoms in total. The molecule has 14 heavy (non-hydrogen) atoms. The van der Waals surface area contributed by atoms with Gasteiger partial charge in [0.05, 0.1) is 0 Å². The van der Waals surface area contributed by atoms with Gasteiger partial charge in [-0.2, -0.15) is 0 Å². The second-order valence-corrected chi connectivity index (χ2v) is 5.29. The lowest BCUT2D eigenvalue weighted by Crippen LogP contribution is -2.37. The van der Waals surface area contributed by atoms with Crippen molar-refractivity contribution in [3.8, 4) is 0 Å². The van der Waals surface area contributed by atoms with Gasteiger partial charge in [-0.1, -0.05) is 13.8 Å². The molecule has 1 rings (SSSR count). The molecule has 0 aromatic carbocycles. The highest BCUT2D eigenvalue weighted by molar-refractivity contribution is 4.78. The predicted molar refractivity (Wildman–Crippen MR) is 60.4 cm³/mol. The number of hydrogen-bond donors (Lipinski definition) is 1. The van der Waals surface area contributed by atoms with Crippen LogP contribution in [0.5, 0.6) is 0 Å². The summed E-state index contributed by atoms with van der Waals surface area (Å²) in [6, 6.07) is 0. The molecule has 0 radical (unpaired) electrons. The van der Waals surface area contributed by atoms with Crippen LogP contribution in [0.2, 0.25) is 0 Å². The van der Waals surface area contributed by atoms with Crippen molar-refractivity contribution >= 4 is 0 Å². The first-order valence-corrected chi connectivity index (χ1v) is 5.97. The van der Waals surface area contributed by atoms with E-state index in [2.05, 4.69) is 18.7 Å². The molecular weight excluding hydrogens is 174 g/mol. The van der Waals surface area contributed by atoms with E-state index in [1.807, 2.05) is 0 Å². The highest BCUT2D eigenvalue weighted by atomic mass is 16.2. The summed E-state index contributed by atoms with van der Waals surface area (Å²) < 4.78 is 0. The number of hydrogen-bond acceptors (Lipinski definition) is 2. The van der Waals surface area contributed by atoms with Crippen molar-refractivity contribution in [2.75, 3.05) is 26.2 Å². The molecule has 1 aliphatic rings. The summed E-state index contributed by atoms with van der Waals surface area (Å²) in [5, 5.41) is 8.66. The molecule has 1 N–H and O–H groups in total. The highest BCUT2D eigenvalue weighted by Crippen LogP contribution is 2.29. The first kappa shape index (κ1) is 12.0. The monoisotopic (exact) mass is 199 g/mol. The van der Waals surface area contributed by atoms with Crippen LogP contribution >= 0.6 is 0 Å². The molecule has 2 heteroatoms. The van der Waals surface area contributed by atoms with Crippen LogP contribution in [0.15, 0.2) is 0 Å². The van der Waals surface area contributed by atoms with Crippen molar-refractivity contribution in [3.05, 3.63) is 0 Å². The van der Waals surface area contributed by atoms with Gasteiger partial charge in [-0.25, -0.2) is 0 Å². The second-order valence-electron chi connectivity index (χ2n) is 5.29. The molecule has 84 valence electrons. The molecule has 0 spiro atoms. The summed E-state index contributed by atoms with van der Waals surface area (Å²) in [7, 11) is 0. The SMILES string of the molecule is CC1(C)CCN(CCCCCO)CC1. The number of aliphatic hydroxyl groups excluding tert-OH is 1. The standard InChI is InChI=1S/C12H25NO/c1-12(2)6-9-13(10-7-12)8-4-3-5-11-14/h14H,3-11H2,1-2H3. The van der Waals surface area contributed by atoms with E-state index in [9.17, 15) is 0 Å². The molecule has 0 aromatic heterocycles. The van der Waals surface area contributed by atoms with Crippen LogP contribution in [0.3, 0.4) is 0 Å². The second kappa shape index (κ2) is 5.72. The van der Waals surface area contributed by atoms with Gasteiger partial charge in [-0.3, -0.25) is 0 Å². The minimum atomic E-state index is 0.354. The van der Waals surface area contributed by atoms with Crippen LogP contribution in [-0.4, -0.2) is 36.2 Å². The molecule has 1 fully saturated rings. The molecule has 1 aliphatic heterocycles. The Hall–Kier alpha value is -0.0800. The van der Waals surface area contributed by atoms with Gasteiger partial charge < -0.3 is 10.0 Å². The zero-order valence-corrected chi connectivity index (χ0v) is 9.76. The fraction of sp³-hybridized carbons (Fsp3) is 1.00. The van der Waals surface area contributed by atoms with Crippen LogP contribution in [-0.2, 0) is 0 Å². The summed E-state index contributed by atoms with van der Waals surface area (Å²) in [6.07, 6.45) is 6.08. The van der Waals surface area contributed by atoms with E-state index >= 15 is 0 Å². The minimum absolute atomic E-state index is 0.354. The topological polar surface area (TPSA) is 23.5 Å². The maximum atomic E-state index is 8.66. The van der Waals surface area contributed by atoms with Gasteiger partial charge in [0.15, 0.2) is 0 Å². The van der Waals surface area contributed by atoms with Crippen molar-refractivity contribution in [1.29, 1.82) is 0 Å². The van der Waals surface area contributed by atoms with E-state index in [0.717, 1.165) is 6.42 Å². The van der Waals surface area contributed by atoms with Crippen LogP contribution in [0.25, 0.3) is 0 Å². The lowest BCUT2D eigenvalue weighted by molar-refractivity contribution is 0.130. The van der Waals surface area contributed by atoms with Gasteiger partial charge in [0.25, 0.3) is 0 Å². The Bertz CT molecular complexity index is 146. The van der Waals surface area contributed by atoms with Gasteiger partial charge in [0.2, 0.25) is 0 Å². The van der Waals surface area contributed by atoms with E-state index in [1.54, 1.807) is 0 Å². The molecule has 1 saturated heterocycles. The first-order valence-electron chi connectivity index (χ1n) is 5.97. The Morgan fingerprint density at radius 3 is 2.29 bits per heavy atom. The van der Waals surface area contributed by atoms with Gasteiger partial charge in [0, 0.05) is 6.61 Å². The number of aliphatic hydroxyl groups is 1. The zero-order valence-electron chi connectivity index (χ0n) is 9.76. The lowest BCUT2D eigenvalue weighted by atomic mass is 9.82. The number of piperidine rings is 1. The summed E-state index contributed by atoms with van der Waals surface area (Å²) >= 11 is 0. The third kappa shape index (κ3) is 4.43. The molecule has 0 atom stereocenters. The average Bonchev–Trinajstić information content (AvgIpc) is 2.15. The van der Waals surface area contributed by atoms with E-state index in [0.29, 0.717) is 12.0 Å². The molecule has 1 heterocycles. The normalized spacial score (nSPS) is 22.5. The number of likely N-dealkylation sites (tertiary alicyclic amines) is 1. The van der Waals surface area contributed by atoms with Gasteiger partial charge in [-0.05, 0) is 57.2 Å². The molecule has 0 aromatic rings. The van der Waals surface area contributed by atoms with Crippen LogP contribution in [0.4, 0.5) is 0 Å². The molecule has 0 amide bonds. The Kier molecular flexibility index (Phi) is 4.90. The van der Waals surface area contributed by atoms with Gasteiger partial charge in [-0.15, -0.1) is 0 Å². The van der Waals surface area contributed by atoms with E-state index < -0.39 is 0 Å². The van der Waals surface area contributed by atoms with Crippen molar-refractivity contribution in [1.82, 2.24) is 4.90 Å². The largest absolute Gasteiger partial charge is 0.396 e. The maximum absolute atomic E-state index is 8.66. The van der Waals surface area contributed by atoms with Crippen LogP contribution in [0.1, 0.15) is 46.0 Å². The third-order valence-corrected chi connectivity index (χ3v) is 3.34. The van der Waals surface area contributed by atoms with Crippen LogP contribution in [0, 0.1) is 5.41 Å². The summed E-state index contributed by atoms with van der Waals surface area (Å²) in [4.78, 5) is 2.57. The average molecular weight is 199 g/mol. The molecule has 0 saturated carbocycles. The van der Waals surface area contributed by atoms with E-state index in [4.69, 9.17) is 5.11 Å². The predicted octanol–water partition coefficient (Wildman–Crippen LogP) is 2.27. The summed E-state index contributed by atoms with van der Waals surface area (Å²) in [6.45, 7) is 8.87. The highest BCUT2D eigenvalue weighted by Gasteiger charge is 2.24. The Morgan fingerprint density at radius 1 is 1.07 bits per heavy atom. The lowest BCUT2D eigenvalue weighted by Gasteiger charge is -2.36. The van der Waals surface area contributed by atoms with Crippen LogP contribution < -0.4 is 0 Å². The smallest absolute Gasteiger partial charge is 0.0431 e. The van der Waals surface area contributed by atoms with Crippen molar-refractivity contribution in [2.45, 2.75) is 46.0 Å². The Balaban J connectivity index is 2.04. The van der Waals surface area contributed by atoms with Crippen molar-refractivity contribution in [2.24, 2.45) is 5.41 Å². The Labute approximate surface area is 88.3 Å². The maximum Gasteiger partial charge on any atom is 0.0431 e. The fourth-order valence-corrected chi connectivity index (χ4v) is 2.01. The first-order chi connectivity index (χ1) is 6.64. The molecule has 0 bridgehead atoms. The number of nitrogens with zero attached hydrogens (tertiary/aromatic N) is 1.